The first-order chi connectivity index (χ1) is 12.6. The van der Waals surface area contributed by atoms with Crippen LogP contribution in [0, 0.1) is 0 Å². The van der Waals surface area contributed by atoms with Crippen LogP contribution in [0.15, 0.2) is 18.2 Å². The van der Waals surface area contributed by atoms with E-state index in [2.05, 4.69) is 9.80 Å². The Balaban J connectivity index is 1.76. The fourth-order valence-corrected chi connectivity index (χ4v) is 4.38. The summed E-state index contributed by atoms with van der Waals surface area (Å²) in [5.41, 5.74) is 0.740. The van der Waals surface area contributed by atoms with Gasteiger partial charge in [-0.1, -0.05) is 18.9 Å². The number of ether oxygens (including phenoxy) is 2. The Labute approximate surface area is 155 Å². The van der Waals surface area contributed by atoms with Crippen molar-refractivity contribution < 1.29 is 19.4 Å². The molecule has 0 spiro atoms. The molecule has 1 aromatic rings. The van der Waals surface area contributed by atoms with Gasteiger partial charge in [-0.05, 0) is 43.5 Å². The summed E-state index contributed by atoms with van der Waals surface area (Å²) in [6, 6.07) is 5.45. The second-order valence-electron chi connectivity index (χ2n) is 7.22. The van der Waals surface area contributed by atoms with Crippen molar-refractivity contribution in [1.82, 2.24) is 9.80 Å². The minimum Gasteiger partial charge on any atom is -0.493 e. The van der Waals surface area contributed by atoms with Crippen LogP contribution < -0.4 is 9.47 Å². The van der Waals surface area contributed by atoms with Crippen LogP contribution in [-0.4, -0.2) is 67.3 Å². The van der Waals surface area contributed by atoms with Crippen molar-refractivity contribution in [2.75, 3.05) is 40.4 Å². The van der Waals surface area contributed by atoms with Gasteiger partial charge in [0.1, 0.15) is 6.04 Å². The summed E-state index contributed by atoms with van der Waals surface area (Å²) in [6.07, 6.45) is 6.24. The third-order valence-corrected chi connectivity index (χ3v) is 5.73. The lowest BCUT2D eigenvalue weighted by atomic mass is 10.0. The number of carboxylic acid groups (broad SMARTS) is 1. The van der Waals surface area contributed by atoms with E-state index in [9.17, 15) is 9.90 Å². The van der Waals surface area contributed by atoms with E-state index in [1.165, 1.54) is 25.7 Å². The average molecular weight is 362 g/mol. The molecule has 3 rings (SSSR count). The Morgan fingerprint density at radius 1 is 1.04 bits per heavy atom. The summed E-state index contributed by atoms with van der Waals surface area (Å²) in [6.45, 7) is 3.59. The highest BCUT2D eigenvalue weighted by Gasteiger charge is 2.31. The second-order valence-corrected chi connectivity index (χ2v) is 7.22. The van der Waals surface area contributed by atoms with Crippen molar-refractivity contribution >= 4 is 5.97 Å². The van der Waals surface area contributed by atoms with Gasteiger partial charge in [0.05, 0.1) is 14.2 Å². The van der Waals surface area contributed by atoms with E-state index in [-0.39, 0.29) is 0 Å². The highest BCUT2D eigenvalue weighted by molar-refractivity contribution is 5.76. The summed E-state index contributed by atoms with van der Waals surface area (Å²) in [5, 5.41) is 9.91. The van der Waals surface area contributed by atoms with E-state index in [0.717, 1.165) is 38.2 Å². The van der Waals surface area contributed by atoms with Crippen LogP contribution in [0.4, 0.5) is 0 Å². The molecule has 1 heterocycles. The molecule has 144 valence electrons. The average Bonchev–Trinajstić information content (AvgIpc) is 3.08. The molecule has 2 fully saturated rings. The lowest BCUT2D eigenvalue weighted by Crippen LogP contribution is -2.39. The molecule has 1 aliphatic carbocycles. The Morgan fingerprint density at radius 2 is 1.77 bits per heavy atom. The maximum atomic E-state index is 12.1. The first kappa shape index (κ1) is 19.0. The molecular weight excluding hydrogens is 332 g/mol. The minimum absolute atomic E-state index is 0.568. The molecule has 0 aromatic heterocycles. The van der Waals surface area contributed by atoms with Gasteiger partial charge in [0.15, 0.2) is 11.5 Å². The van der Waals surface area contributed by atoms with Crippen LogP contribution in [0.2, 0.25) is 0 Å². The smallest absolute Gasteiger partial charge is 0.325 e. The van der Waals surface area contributed by atoms with Gasteiger partial charge in [-0.15, -0.1) is 0 Å². The van der Waals surface area contributed by atoms with Crippen molar-refractivity contribution in [2.24, 2.45) is 0 Å². The van der Waals surface area contributed by atoms with Crippen LogP contribution in [-0.2, 0) is 4.79 Å². The molecule has 1 aliphatic heterocycles. The molecule has 1 saturated carbocycles. The Bertz CT molecular complexity index is 616. The van der Waals surface area contributed by atoms with Crippen molar-refractivity contribution in [3.8, 4) is 11.5 Å². The third kappa shape index (κ3) is 4.13. The van der Waals surface area contributed by atoms with E-state index >= 15 is 0 Å². The highest BCUT2D eigenvalue weighted by Crippen LogP contribution is 2.33. The van der Waals surface area contributed by atoms with Gasteiger partial charge in [0.2, 0.25) is 0 Å². The van der Waals surface area contributed by atoms with Gasteiger partial charge in [0, 0.05) is 25.7 Å². The molecule has 1 atom stereocenters. The van der Waals surface area contributed by atoms with E-state index in [1.807, 2.05) is 6.07 Å². The lowest BCUT2D eigenvalue weighted by Gasteiger charge is -2.29. The lowest BCUT2D eigenvalue weighted by molar-refractivity contribution is -0.143. The van der Waals surface area contributed by atoms with Crippen molar-refractivity contribution in [1.29, 1.82) is 0 Å². The maximum absolute atomic E-state index is 12.1. The van der Waals surface area contributed by atoms with Gasteiger partial charge in [-0.25, -0.2) is 0 Å². The van der Waals surface area contributed by atoms with Crippen LogP contribution in [0.5, 0.6) is 11.5 Å². The third-order valence-electron chi connectivity index (χ3n) is 5.73. The SMILES string of the molecule is COc1ccc([C@H](C(=O)O)N2CCCN(C3CCCC3)CC2)cc1OC. The largest absolute Gasteiger partial charge is 0.493 e. The molecule has 0 bridgehead atoms. The normalized spacial score (nSPS) is 21.3. The van der Waals surface area contributed by atoms with E-state index in [1.54, 1.807) is 26.4 Å². The molecule has 26 heavy (non-hydrogen) atoms. The summed E-state index contributed by atoms with van der Waals surface area (Å²) in [4.78, 5) is 16.7. The number of hydrogen-bond donors (Lipinski definition) is 1. The Morgan fingerprint density at radius 3 is 2.42 bits per heavy atom. The maximum Gasteiger partial charge on any atom is 0.325 e. The number of hydrogen-bond acceptors (Lipinski definition) is 5. The van der Waals surface area contributed by atoms with Gasteiger partial charge in [0.25, 0.3) is 0 Å². The molecular formula is C20H30N2O4. The molecule has 1 N–H and O–H groups in total. The molecule has 1 aromatic carbocycles. The number of carbonyl (C=O) groups is 1. The second kappa shape index (κ2) is 8.73. The first-order valence-corrected chi connectivity index (χ1v) is 9.57. The van der Waals surface area contributed by atoms with Crippen LogP contribution in [0.25, 0.3) is 0 Å². The number of methoxy groups -OCH3 is 2. The summed E-state index contributed by atoms with van der Waals surface area (Å²) < 4.78 is 10.6. The summed E-state index contributed by atoms with van der Waals surface area (Å²) in [5.74, 6) is 0.369. The summed E-state index contributed by atoms with van der Waals surface area (Å²) in [7, 11) is 3.15. The van der Waals surface area contributed by atoms with Crippen LogP contribution >= 0.6 is 0 Å². The van der Waals surface area contributed by atoms with Gasteiger partial charge < -0.3 is 14.6 Å². The summed E-state index contributed by atoms with van der Waals surface area (Å²) >= 11 is 0. The molecule has 6 heteroatoms. The number of rotatable bonds is 6. The molecule has 1 saturated heterocycles. The zero-order valence-corrected chi connectivity index (χ0v) is 15.8. The molecule has 0 radical (unpaired) electrons. The van der Waals surface area contributed by atoms with Crippen molar-refractivity contribution in [3.63, 3.8) is 0 Å². The van der Waals surface area contributed by atoms with Crippen molar-refractivity contribution in [3.05, 3.63) is 23.8 Å². The monoisotopic (exact) mass is 362 g/mol. The van der Waals surface area contributed by atoms with Crippen molar-refractivity contribution in [2.45, 2.75) is 44.2 Å². The number of carboxylic acids is 1. The van der Waals surface area contributed by atoms with E-state index in [4.69, 9.17) is 9.47 Å². The Hall–Kier alpha value is -1.79. The minimum atomic E-state index is -0.813. The zero-order chi connectivity index (χ0) is 18.5. The number of nitrogens with zero attached hydrogens (tertiary/aromatic N) is 2. The fourth-order valence-electron chi connectivity index (χ4n) is 4.38. The predicted molar refractivity (Wildman–Crippen MR) is 99.9 cm³/mol. The topological polar surface area (TPSA) is 62.2 Å². The van der Waals surface area contributed by atoms with Crippen LogP contribution in [0.3, 0.4) is 0 Å². The number of aliphatic carboxylic acids is 1. The van der Waals surface area contributed by atoms with E-state index in [0.29, 0.717) is 17.5 Å². The molecule has 0 amide bonds. The first-order valence-electron chi connectivity index (χ1n) is 9.57. The van der Waals surface area contributed by atoms with Gasteiger partial charge >= 0.3 is 5.97 Å². The fraction of sp³-hybridized carbons (Fsp3) is 0.650. The van der Waals surface area contributed by atoms with E-state index < -0.39 is 12.0 Å². The zero-order valence-electron chi connectivity index (χ0n) is 15.8. The highest BCUT2D eigenvalue weighted by atomic mass is 16.5. The van der Waals surface area contributed by atoms with Gasteiger partial charge in [-0.3, -0.25) is 14.6 Å². The molecule has 0 unspecified atom stereocenters. The quantitative estimate of drug-likeness (QED) is 0.840. The van der Waals surface area contributed by atoms with Gasteiger partial charge in [-0.2, -0.15) is 0 Å². The predicted octanol–water partition coefficient (Wildman–Crippen LogP) is 2.78. The Kier molecular flexibility index (Phi) is 6.38. The molecule has 6 nitrogen and oxygen atoms in total. The number of benzene rings is 1. The molecule has 2 aliphatic rings. The standard InChI is InChI=1S/C20H30N2O4/c1-25-17-9-8-15(14-18(17)26-2)19(20(23)24)22-11-5-10-21(12-13-22)16-6-3-4-7-16/h8-9,14,16,19H,3-7,10-13H2,1-2H3,(H,23,24)/t19-/m1/s1. The van der Waals surface area contributed by atoms with Crippen LogP contribution in [0.1, 0.15) is 43.7 Å².